The lowest BCUT2D eigenvalue weighted by Crippen LogP contribution is -2.27. The van der Waals surface area contributed by atoms with Crippen LogP contribution in [0, 0.1) is 10.1 Å². The van der Waals surface area contributed by atoms with Crippen LogP contribution < -0.4 is 5.32 Å². The van der Waals surface area contributed by atoms with Crippen LogP contribution in [0.25, 0.3) is 0 Å². The fourth-order valence-electron chi connectivity index (χ4n) is 1.39. The zero-order valence-corrected chi connectivity index (χ0v) is 13.1. The molecule has 0 aliphatic rings. The molecule has 0 radical (unpaired) electrons. The highest BCUT2D eigenvalue weighted by Gasteiger charge is 2.25. The first kappa shape index (κ1) is 16.9. The summed E-state index contributed by atoms with van der Waals surface area (Å²) >= 11 is 3.00. The van der Waals surface area contributed by atoms with Crippen LogP contribution in [-0.2, 0) is 4.74 Å². The van der Waals surface area contributed by atoms with Crippen molar-refractivity contribution >= 4 is 39.4 Å². The Bertz CT molecular complexity index is 609. The number of hydrogen-bond acceptors (Lipinski definition) is 5. The highest BCUT2D eigenvalue weighted by molar-refractivity contribution is 9.10. The molecule has 0 saturated heterocycles. The van der Waals surface area contributed by atoms with Crippen LogP contribution >= 0.6 is 15.9 Å². The molecule has 0 bridgehead atoms. The number of carbonyl (C=O) groups is 2. The van der Waals surface area contributed by atoms with Gasteiger partial charge in [0, 0.05) is 10.5 Å². The number of carboxylic acid groups (broad SMARTS) is 1. The molecule has 1 aromatic carbocycles. The van der Waals surface area contributed by atoms with Gasteiger partial charge in [-0.05, 0) is 42.8 Å². The molecule has 2 N–H and O–H groups in total. The topological polar surface area (TPSA) is 119 Å². The Morgan fingerprint density at radius 3 is 2.38 bits per heavy atom. The molecule has 9 heteroatoms. The molecular weight excluding hydrogens is 348 g/mol. The fraction of sp³-hybridized carbons (Fsp3) is 0.333. The number of carboxylic acids is 1. The van der Waals surface area contributed by atoms with Gasteiger partial charge in [-0.3, -0.25) is 15.4 Å². The van der Waals surface area contributed by atoms with Gasteiger partial charge in [-0.2, -0.15) is 0 Å². The molecule has 114 valence electrons. The van der Waals surface area contributed by atoms with E-state index in [1.807, 2.05) is 0 Å². The van der Waals surface area contributed by atoms with E-state index in [4.69, 9.17) is 9.84 Å². The van der Waals surface area contributed by atoms with Gasteiger partial charge in [0.25, 0.3) is 5.69 Å². The third-order valence-corrected chi connectivity index (χ3v) is 2.76. The number of aromatic carboxylic acids is 1. The average Bonchev–Trinajstić information content (AvgIpc) is 2.28. The minimum Gasteiger partial charge on any atom is -0.478 e. The molecule has 8 nitrogen and oxygen atoms in total. The van der Waals surface area contributed by atoms with Crippen molar-refractivity contribution in [3.05, 3.63) is 32.3 Å². The average molecular weight is 361 g/mol. The number of amides is 1. The predicted octanol–water partition coefficient (Wildman–Crippen LogP) is 3.40. The summed E-state index contributed by atoms with van der Waals surface area (Å²) in [6.45, 7) is 4.93. The molecule has 0 aliphatic carbocycles. The number of hydrogen-bond donors (Lipinski definition) is 2. The quantitative estimate of drug-likeness (QED) is 0.629. The van der Waals surface area contributed by atoms with E-state index in [0.717, 1.165) is 12.1 Å². The fourth-order valence-corrected chi connectivity index (χ4v) is 1.94. The molecular formula is C12H13BrN2O6. The zero-order chi connectivity index (χ0) is 16.4. The lowest BCUT2D eigenvalue weighted by Gasteiger charge is -2.20. The maximum Gasteiger partial charge on any atom is 0.412 e. The summed E-state index contributed by atoms with van der Waals surface area (Å²) in [6.07, 6.45) is -0.880. The first-order valence-corrected chi connectivity index (χ1v) is 6.52. The second kappa shape index (κ2) is 6.08. The Balaban J connectivity index is 3.20. The molecule has 1 aromatic rings. The number of benzene rings is 1. The Hall–Kier alpha value is -2.16. The number of rotatable bonds is 3. The summed E-state index contributed by atoms with van der Waals surface area (Å²) in [5, 5.41) is 22.1. The standard InChI is InChI=1S/C12H13BrN2O6/c1-12(2,3)21-11(18)14-9-7(13)4-6(10(16)17)5-8(9)15(19)20/h4-5H,1-3H3,(H,14,18)(H,16,17). The molecule has 0 aromatic heterocycles. The first-order valence-electron chi connectivity index (χ1n) is 5.72. The number of nitro groups is 1. The second-order valence-corrected chi connectivity index (χ2v) is 5.90. The summed E-state index contributed by atoms with van der Waals surface area (Å²) < 4.78 is 5.07. The summed E-state index contributed by atoms with van der Waals surface area (Å²) in [7, 11) is 0. The van der Waals surface area contributed by atoms with Crippen LogP contribution in [0.1, 0.15) is 31.1 Å². The second-order valence-electron chi connectivity index (χ2n) is 5.04. The largest absolute Gasteiger partial charge is 0.478 e. The van der Waals surface area contributed by atoms with Gasteiger partial charge in [-0.1, -0.05) is 0 Å². The van der Waals surface area contributed by atoms with Gasteiger partial charge in [0.2, 0.25) is 0 Å². The van der Waals surface area contributed by atoms with Gasteiger partial charge < -0.3 is 9.84 Å². The van der Waals surface area contributed by atoms with Crippen LogP contribution in [-0.4, -0.2) is 27.7 Å². The third-order valence-electron chi connectivity index (χ3n) is 2.14. The summed E-state index contributed by atoms with van der Waals surface area (Å²) in [6, 6.07) is 2.02. The molecule has 0 atom stereocenters. The van der Waals surface area contributed by atoms with Crippen LogP contribution in [0.4, 0.5) is 16.2 Å². The number of carbonyl (C=O) groups excluding carboxylic acids is 1. The van der Waals surface area contributed by atoms with Gasteiger partial charge in [0.05, 0.1) is 10.5 Å². The van der Waals surface area contributed by atoms with E-state index in [0.29, 0.717) is 0 Å². The van der Waals surface area contributed by atoms with Gasteiger partial charge in [-0.15, -0.1) is 0 Å². The number of anilines is 1. The van der Waals surface area contributed by atoms with E-state index in [9.17, 15) is 19.7 Å². The molecule has 0 saturated carbocycles. The number of halogens is 1. The van der Waals surface area contributed by atoms with Crippen molar-refractivity contribution in [3.63, 3.8) is 0 Å². The van der Waals surface area contributed by atoms with Crippen LogP contribution in [0.3, 0.4) is 0 Å². The molecule has 21 heavy (non-hydrogen) atoms. The van der Waals surface area contributed by atoms with Crippen molar-refractivity contribution in [2.45, 2.75) is 26.4 Å². The maximum absolute atomic E-state index is 11.7. The number of ether oxygens (including phenoxy) is 1. The molecule has 1 rings (SSSR count). The van der Waals surface area contributed by atoms with E-state index < -0.39 is 28.3 Å². The van der Waals surface area contributed by atoms with Crippen molar-refractivity contribution in [1.82, 2.24) is 0 Å². The van der Waals surface area contributed by atoms with Crippen molar-refractivity contribution < 1.29 is 24.4 Å². The molecule has 0 heterocycles. The van der Waals surface area contributed by atoms with Gasteiger partial charge in [0.1, 0.15) is 11.3 Å². The van der Waals surface area contributed by atoms with Crippen molar-refractivity contribution in [2.75, 3.05) is 5.32 Å². The van der Waals surface area contributed by atoms with E-state index in [1.165, 1.54) is 0 Å². The Kier molecular flexibility index (Phi) is 4.89. The minimum atomic E-state index is -1.32. The molecule has 0 fully saturated rings. The Morgan fingerprint density at radius 1 is 1.38 bits per heavy atom. The monoisotopic (exact) mass is 360 g/mol. The summed E-state index contributed by atoms with van der Waals surface area (Å²) in [5.41, 5.74) is -1.76. The van der Waals surface area contributed by atoms with E-state index in [2.05, 4.69) is 21.2 Å². The Morgan fingerprint density at radius 2 is 1.95 bits per heavy atom. The van der Waals surface area contributed by atoms with Crippen LogP contribution in [0.5, 0.6) is 0 Å². The molecule has 1 amide bonds. The molecule has 0 unspecified atom stereocenters. The normalized spacial score (nSPS) is 10.9. The smallest absolute Gasteiger partial charge is 0.412 e. The minimum absolute atomic E-state index is 0.0694. The van der Waals surface area contributed by atoms with Crippen molar-refractivity contribution in [3.8, 4) is 0 Å². The van der Waals surface area contributed by atoms with Gasteiger partial charge >= 0.3 is 12.1 Å². The van der Waals surface area contributed by atoms with Crippen molar-refractivity contribution in [2.24, 2.45) is 0 Å². The number of nitrogens with one attached hydrogen (secondary N) is 1. The van der Waals surface area contributed by atoms with E-state index >= 15 is 0 Å². The van der Waals surface area contributed by atoms with Crippen LogP contribution in [0.15, 0.2) is 16.6 Å². The third kappa shape index (κ3) is 4.71. The predicted molar refractivity (Wildman–Crippen MR) is 77.6 cm³/mol. The van der Waals surface area contributed by atoms with Crippen molar-refractivity contribution in [1.29, 1.82) is 0 Å². The van der Waals surface area contributed by atoms with Gasteiger partial charge in [0.15, 0.2) is 0 Å². The van der Waals surface area contributed by atoms with Gasteiger partial charge in [-0.25, -0.2) is 9.59 Å². The zero-order valence-electron chi connectivity index (χ0n) is 11.5. The lowest BCUT2D eigenvalue weighted by atomic mass is 10.1. The van der Waals surface area contributed by atoms with Crippen LogP contribution in [0.2, 0.25) is 0 Å². The Labute approximate surface area is 128 Å². The highest BCUT2D eigenvalue weighted by Crippen LogP contribution is 2.34. The first-order chi connectivity index (χ1) is 9.51. The maximum atomic E-state index is 11.7. The lowest BCUT2D eigenvalue weighted by molar-refractivity contribution is -0.384. The van der Waals surface area contributed by atoms with E-state index in [1.54, 1.807) is 20.8 Å². The van der Waals surface area contributed by atoms with E-state index in [-0.39, 0.29) is 15.7 Å². The molecule has 0 aliphatic heterocycles. The number of nitro benzene ring substituents is 1. The highest BCUT2D eigenvalue weighted by atomic mass is 79.9. The molecule has 0 spiro atoms. The summed E-state index contributed by atoms with van der Waals surface area (Å²) in [5.74, 6) is -1.32. The SMILES string of the molecule is CC(C)(C)OC(=O)Nc1c(Br)cc(C(=O)O)cc1[N+](=O)[O-]. The number of nitrogens with zero attached hydrogens (tertiary/aromatic N) is 1. The summed E-state index contributed by atoms with van der Waals surface area (Å²) in [4.78, 5) is 32.8.